The summed E-state index contributed by atoms with van der Waals surface area (Å²) in [4.78, 5) is 31.0. The van der Waals surface area contributed by atoms with Crippen LogP contribution in [-0.2, 0) is 16.0 Å². The fraction of sp³-hybridized carbons (Fsp3) is 0.524. The van der Waals surface area contributed by atoms with Gasteiger partial charge >= 0.3 is 0 Å². The molecule has 0 radical (unpaired) electrons. The van der Waals surface area contributed by atoms with E-state index < -0.39 is 0 Å². The SMILES string of the molecule is CCOCCCNC(=O)CCc1nc(C2CCCN2C(=O)c2ccccc2)no1. The lowest BCUT2D eigenvalue weighted by Crippen LogP contribution is -2.31. The van der Waals surface area contributed by atoms with E-state index in [9.17, 15) is 9.59 Å². The van der Waals surface area contributed by atoms with E-state index >= 15 is 0 Å². The lowest BCUT2D eigenvalue weighted by molar-refractivity contribution is -0.121. The maximum absolute atomic E-state index is 12.8. The number of hydrogen-bond acceptors (Lipinski definition) is 6. The van der Waals surface area contributed by atoms with Crippen LogP contribution in [0.15, 0.2) is 34.9 Å². The minimum Gasteiger partial charge on any atom is -0.382 e. The van der Waals surface area contributed by atoms with E-state index in [0.29, 0.717) is 50.0 Å². The van der Waals surface area contributed by atoms with Crippen molar-refractivity contribution in [3.05, 3.63) is 47.6 Å². The largest absolute Gasteiger partial charge is 0.382 e. The Bertz CT molecular complexity index is 793. The number of aromatic nitrogens is 2. The summed E-state index contributed by atoms with van der Waals surface area (Å²) in [5, 5.41) is 6.92. The first-order chi connectivity index (χ1) is 14.2. The van der Waals surface area contributed by atoms with Gasteiger partial charge in [-0.1, -0.05) is 23.4 Å². The molecule has 156 valence electrons. The molecule has 1 fully saturated rings. The minimum absolute atomic E-state index is 0.0223. The molecular weight excluding hydrogens is 372 g/mol. The van der Waals surface area contributed by atoms with Crippen LogP contribution in [-0.4, -0.2) is 53.2 Å². The van der Waals surface area contributed by atoms with Gasteiger partial charge in [0.1, 0.15) is 0 Å². The van der Waals surface area contributed by atoms with Crippen LogP contribution in [0.3, 0.4) is 0 Å². The summed E-state index contributed by atoms with van der Waals surface area (Å²) >= 11 is 0. The highest BCUT2D eigenvalue weighted by molar-refractivity contribution is 5.94. The van der Waals surface area contributed by atoms with Crippen LogP contribution < -0.4 is 5.32 Å². The number of nitrogens with one attached hydrogen (secondary N) is 1. The minimum atomic E-state index is -0.187. The van der Waals surface area contributed by atoms with Crippen molar-refractivity contribution in [3.8, 4) is 0 Å². The average molecular weight is 400 g/mol. The predicted molar refractivity (Wildman–Crippen MR) is 106 cm³/mol. The standard InChI is InChI=1S/C21H28N4O4/c1-2-28-15-7-13-22-18(26)11-12-19-23-20(24-29-19)17-10-6-14-25(17)21(27)16-8-4-3-5-9-16/h3-5,8-9,17H,2,6-7,10-15H2,1H3,(H,22,26). The fourth-order valence-electron chi connectivity index (χ4n) is 3.38. The Balaban J connectivity index is 1.50. The molecule has 0 aliphatic carbocycles. The zero-order valence-electron chi connectivity index (χ0n) is 16.8. The van der Waals surface area contributed by atoms with Crippen LogP contribution >= 0.6 is 0 Å². The number of benzene rings is 1. The van der Waals surface area contributed by atoms with Gasteiger partial charge in [-0.2, -0.15) is 4.98 Å². The maximum atomic E-state index is 12.8. The Morgan fingerprint density at radius 1 is 1.31 bits per heavy atom. The molecule has 3 rings (SSSR count). The summed E-state index contributed by atoms with van der Waals surface area (Å²) < 4.78 is 10.6. The zero-order valence-corrected chi connectivity index (χ0v) is 16.8. The molecule has 2 aromatic rings. The van der Waals surface area contributed by atoms with Crippen molar-refractivity contribution in [3.63, 3.8) is 0 Å². The van der Waals surface area contributed by atoms with Crippen molar-refractivity contribution in [1.29, 1.82) is 0 Å². The second-order valence-corrected chi connectivity index (χ2v) is 6.97. The monoisotopic (exact) mass is 400 g/mol. The van der Waals surface area contributed by atoms with Crippen LogP contribution in [0.25, 0.3) is 0 Å². The van der Waals surface area contributed by atoms with E-state index in [1.807, 2.05) is 37.3 Å². The van der Waals surface area contributed by atoms with Gasteiger partial charge in [0, 0.05) is 44.7 Å². The summed E-state index contributed by atoms with van der Waals surface area (Å²) in [7, 11) is 0. The van der Waals surface area contributed by atoms with Gasteiger partial charge in [0.05, 0.1) is 6.04 Å². The molecule has 29 heavy (non-hydrogen) atoms. The maximum Gasteiger partial charge on any atom is 0.254 e. The van der Waals surface area contributed by atoms with Gasteiger partial charge in [0.15, 0.2) is 5.82 Å². The number of aryl methyl sites for hydroxylation is 1. The third kappa shape index (κ3) is 5.87. The molecule has 1 aromatic heterocycles. The average Bonchev–Trinajstić information content (AvgIpc) is 3.41. The van der Waals surface area contributed by atoms with E-state index in [2.05, 4.69) is 15.5 Å². The van der Waals surface area contributed by atoms with Crippen LogP contribution in [0.5, 0.6) is 0 Å². The molecule has 0 spiro atoms. The van der Waals surface area contributed by atoms with Gasteiger partial charge in [-0.15, -0.1) is 0 Å². The van der Waals surface area contributed by atoms with E-state index in [-0.39, 0.29) is 24.3 Å². The second kappa shape index (κ2) is 10.7. The van der Waals surface area contributed by atoms with E-state index in [1.54, 1.807) is 4.90 Å². The molecule has 2 heterocycles. The number of nitrogens with zero attached hydrogens (tertiary/aromatic N) is 3. The van der Waals surface area contributed by atoms with Gasteiger partial charge in [-0.25, -0.2) is 0 Å². The first kappa shape index (κ1) is 21.0. The fourth-order valence-corrected chi connectivity index (χ4v) is 3.38. The highest BCUT2D eigenvalue weighted by Crippen LogP contribution is 2.31. The molecule has 8 nitrogen and oxygen atoms in total. The molecule has 0 saturated carbocycles. The predicted octanol–water partition coefficient (Wildman–Crippen LogP) is 2.52. The second-order valence-electron chi connectivity index (χ2n) is 6.97. The van der Waals surface area contributed by atoms with Gasteiger partial charge in [-0.05, 0) is 38.3 Å². The molecule has 1 aromatic carbocycles. The molecule has 0 bridgehead atoms. The number of carbonyl (C=O) groups excluding carboxylic acids is 2. The lowest BCUT2D eigenvalue weighted by Gasteiger charge is -2.22. The Morgan fingerprint density at radius 3 is 2.93 bits per heavy atom. The molecular formula is C21H28N4O4. The normalized spacial score (nSPS) is 16.2. The van der Waals surface area contributed by atoms with E-state index in [0.717, 1.165) is 19.3 Å². The van der Waals surface area contributed by atoms with Crippen LogP contribution in [0.4, 0.5) is 0 Å². The zero-order chi connectivity index (χ0) is 20.5. The van der Waals surface area contributed by atoms with Crippen LogP contribution in [0, 0.1) is 0 Å². The number of hydrogen-bond donors (Lipinski definition) is 1. The topological polar surface area (TPSA) is 97.6 Å². The van der Waals surface area contributed by atoms with E-state index in [1.165, 1.54) is 0 Å². The Morgan fingerprint density at radius 2 is 2.14 bits per heavy atom. The quantitative estimate of drug-likeness (QED) is 0.616. The Labute approximate surface area is 170 Å². The first-order valence-electron chi connectivity index (χ1n) is 10.2. The van der Waals surface area contributed by atoms with Crippen molar-refractivity contribution in [2.45, 2.75) is 45.1 Å². The number of likely N-dealkylation sites (tertiary alicyclic amines) is 1. The van der Waals surface area contributed by atoms with Gasteiger partial charge in [-0.3, -0.25) is 9.59 Å². The summed E-state index contributed by atoms with van der Waals surface area (Å²) in [6, 6.07) is 9.03. The number of ether oxygens (including phenoxy) is 1. The van der Waals surface area contributed by atoms with Crippen molar-refractivity contribution in [1.82, 2.24) is 20.4 Å². The Kier molecular flexibility index (Phi) is 7.75. The third-order valence-corrected chi connectivity index (χ3v) is 4.87. The van der Waals surface area contributed by atoms with E-state index in [4.69, 9.17) is 9.26 Å². The van der Waals surface area contributed by atoms with Gasteiger partial charge < -0.3 is 19.5 Å². The highest BCUT2D eigenvalue weighted by Gasteiger charge is 2.33. The highest BCUT2D eigenvalue weighted by atomic mass is 16.5. The molecule has 8 heteroatoms. The van der Waals surface area contributed by atoms with Gasteiger partial charge in [0.25, 0.3) is 5.91 Å². The van der Waals surface area contributed by atoms with Gasteiger partial charge in [0.2, 0.25) is 11.8 Å². The van der Waals surface area contributed by atoms with Crippen molar-refractivity contribution >= 4 is 11.8 Å². The molecule has 1 aliphatic rings. The summed E-state index contributed by atoms with van der Waals surface area (Å²) in [5.74, 6) is 0.858. The number of carbonyl (C=O) groups is 2. The van der Waals surface area contributed by atoms with Crippen molar-refractivity contribution in [2.75, 3.05) is 26.3 Å². The third-order valence-electron chi connectivity index (χ3n) is 4.87. The molecule has 1 atom stereocenters. The van der Waals surface area contributed by atoms with Crippen molar-refractivity contribution in [2.24, 2.45) is 0 Å². The smallest absolute Gasteiger partial charge is 0.254 e. The van der Waals surface area contributed by atoms with Crippen LogP contribution in [0.1, 0.15) is 60.7 Å². The van der Waals surface area contributed by atoms with Crippen molar-refractivity contribution < 1.29 is 18.8 Å². The number of rotatable bonds is 10. The molecule has 1 aliphatic heterocycles. The molecule has 1 unspecified atom stereocenters. The Hall–Kier alpha value is -2.74. The summed E-state index contributed by atoms with van der Waals surface area (Å²) in [6.07, 6.45) is 3.16. The lowest BCUT2D eigenvalue weighted by atomic mass is 10.1. The van der Waals surface area contributed by atoms with Crippen LogP contribution in [0.2, 0.25) is 0 Å². The first-order valence-corrected chi connectivity index (χ1v) is 10.2. The molecule has 2 amide bonds. The molecule has 1 N–H and O–H groups in total. The summed E-state index contributed by atoms with van der Waals surface area (Å²) in [6.45, 7) is 4.53. The molecule has 1 saturated heterocycles. The number of amides is 2. The summed E-state index contributed by atoms with van der Waals surface area (Å²) in [5.41, 5.74) is 0.657.